The number of aldehydes is 1. The fourth-order valence-electron chi connectivity index (χ4n) is 26.7. The molecule has 25 aliphatic rings. The number of Topliss-reactive ketones (excluding diaryl/α,β-unsaturated/α-hetero) is 1. The van der Waals surface area contributed by atoms with Gasteiger partial charge in [-0.25, -0.2) is 8.42 Å². The topological polar surface area (TPSA) is 593 Å². The first-order chi connectivity index (χ1) is 71.8. The molecule has 20 aliphatic heterocycles. The summed E-state index contributed by atoms with van der Waals surface area (Å²) in [5.41, 5.74) is -0.175. The lowest BCUT2D eigenvalue weighted by atomic mass is 9.78. The number of carbonyl (C=O) groups excluding carboxylic acids is 13. The van der Waals surface area contributed by atoms with Crippen LogP contribution in [0.25, 0.3) is 0 Å². The standard InChI is InChI=1S/C13H20O3.C12H18O4.C12H18O3.C11H16O4.C11H14O4.2C11H16O3.C11H14O3.C9H14N2O2S.5CO2.CH2O/c1-3-5-11-6-7-12-13(9-14,16-11)8-10(4-2)15-12;1-2-9-7-12(8-14)11(15-9)4-3-10(16-12)5-6-13;1-2-7-3-4-10-12(15-7)5-8(13-10)11-9(6-12)14-11;2*1-5-2-3-7-11(15-5)4-6(13-7)8(12)9-10(11)14-9;1-6-2-3-9-11(14-6)4-7(12-9)10-8(5-11)13-10;1-7-2-3-10-11(14-7)5-4-8(12)9(6-11)13-10;1-3-9-6-11(7-12)10(13-9)5-4-8(2)14-11;1-6-4-7(2)9(8(3)5-6)14(12,13)11-10;5*2-1-3;1-2/h2,10-12,14H,3,5-9H2,1H3;1,9-11,13-14H,3-8H2;7-11H,2-6H2,1H3;5-10,12H,2-4H2,1H3;5-7,9-10H,2-4H2,1H3;6-10H,2-5H2,1H3;4-5,7-10,12H,2-3,6H2,1H3;1,7-10H,4-6H2,2H3;4-5,11H,10H2,1-3H3;;;;;;1H2/t10-,11-,12-,13+;9-,10+,11-,12+;7-,8+,9+,10-,11?,12+;5-,6+,7-,8-,9?,10-,11-;5-,6+,7-,9?,10-,11-;6-,7+,8+,9-,10?,11+;7-,8+,9+,10-,11-;8-,9-,10-,11+;;;;;;;/m00000000......./s1. The first-order valence-corrected chi connectivity index (χ1v) is 53.9. The molecule has 832 valence electrons. The van der Waals surface area contributed by atoms with E-state index in [-0.39, 0.29) is 211 Å². The van der Waals surface area contributed by atoms with Crippen LogP contribution >= 0.6 is 0 Å². The van der Waals surface area contributed by atoms with Crippen LogP contribution in [0.2, 0.25) is 0 Å². The molecule has 1 aromatic carbocycles. The highest BCUT2D eigenvalue weighted by atomic mass is 32.2. The molecule has 5 aliphatic carbocycles. The number of hydrazine groups is 1. The Balaban J connectivity index is 0.000000147. The average Bonchev–Trinajstić information content (AvgIpc) is 1.53. The smallest absolute Gasteiger partial charge is 0.373 e. The number of fused-ring (bicyclic) bond motifs is 14. The van der Waals surface area contributed by atoms with Crippen molar-refractivity contribution in [1.82, 2.24) is 4.83 Å². The van der Waals surface area contributed by atoms with E-state index in [1.165, 1.54) is 19.3 Å². The predicted octanol–water partition coefficient (Wildman–Crippen LogP) is 4.70. The van der Waals surface area contributed by atoms with E-state index < -0.39 is 39.0 Å². The molecule has 4 unspecified atom stereocenters. The van der Waals surface area contributed by atoms with E-state index in [4.69, 9.17) is 178 Å². The number of sulfonamides is 1. The maximum absolute atomic E-state index is 11.7. The molecule has 0 aromatic heterocycles. The van der Waals surface area contributed by atoms with E-state index >= 15 is 0 Å². The lowest BCUT2D eigenvalue weighted by Crippen LogP contribution is -2.54. The first-order valence-electron chi connectivity index (χ1n) is 52.4. The van der Waals surface area contributed by atoms with Gasteiger partial charge in [0.1, 0.15) is 102 Å². The van der Waals surface area contributed by atoms with Gasteiger partial charge in [-0.3, -0.25) is 10.6 Å². The summed E-state index contributed by atoms with van der Waals surface area (Å²) in [5, 5.41) is 47.5. The van der Waals surface area contributed by atoms with Crippen molar-refractivity contribution in [3.63, 3.8) is 0 Å². The molecule has 4 saturated carbocycles. The summed E-state index contributed by atoms with van der Waals surface area (Å²) >= 11 is 0. The summed E-state index contributed by atoms with van der Waals surface area (Å²) < 4.78 is 140. The Bertz CT molecular complexity index is 4980. The van der Waals surface area contributed by atoms with Crippen LogP contribution in [-0.2, 0) is 167 Å². The molecule has 10 bridgehead atoms. The zero-order valence-electron chi connectivity index (χ0n) is 86.8. The molecule has 150 heavy (non-hydrogen) atoms. The normalized spacial score (nSPS) is 44.9. The number of rotatable bonds is 10. The SMILES string of the molecule is C#C[C@H]1C[C@]2(C=O)O[C@@H](C)CC[C@@H]2O1.C#C[C@H]1C[C@]2(CO)O[C@@H](CCC)CC[C@@H]2O1.C#C[C@H]1C[C@]2(CO)O[C@@H](CCO)CC[C@@H]2O1.C=O.CC[C@H]1CC[C@@H]2O[C@@H]3C[C@]2(C[C@H]2OC23)O1.C[C@H]1CC[C@@H]2O[C@@H]3C[C@@]2(O1)[C@H]1OC1C3=O.C[C@H]1CC[C@@H]2O[C@@H]3C[C@@]2(O1)[C@H]1OC1[C@H]3O.C[C@H]1CC[C@@H]2O[C@@H]3C[C@]2(C=C[C@H]3O)O1.C[C@H]1CC[C@@H]2O[C@@H]3C[C@]2(C[C@H]2OC23)O1.Cc1cc(C)c(S(=O)(=O)NN)c(C)c1.O=C=O.O=C=O.O=C=O.O=C=O.O=C=O. The van der Waals surface area contributed by atoms with Crippen molar-refractivity contribution in [2.45, 2.75) is 519 Å². The number of aliphatic hydroxyl groups is 5. The van der Waals surface area contributed by atoms with Crippen molar-refractivity contribution in [2.24, 2.45) is 5.84 Å². The number of benzene rings is 1. The van der Waals surface area contributed by atoms with Crippen LogP contribution in [0, 0.1) is 57.8 Å². The molecule has 20 saturated heterocycles. The van der Waals surface area contributed by atoms with Crippen molar-refractivity contribution in [2.75, 3.05) is 19.8 Å². The summed E-state index contributed by atoms with van der Waals surface area (Å²) in [6.07, 6.45) is 53.7. The number of hydrogen-bond donors (Lipinski definition) is 7. The second-order valence-electron chi connectivity index (χ2n) is 43.1. The van der Waals surface area contributed by atoms with E-state index in [2.05, 4.69) is 59.3 Å². The van der Waals surface area contributed by atoms with Crippen molar-refractivity contribution < 1.29 is 191 Å². The highest BCUT2D eigenvalue weighted by Crippen LogP contribution is 2.61. The van der Waals surface area contributed by atoms with Crippen molar-refractivity contribution >= 4 is 59.6 Å². The number of terminal acetylenes is 3. The highest BCUT2D eigenvalue weighted by molar-refractivity contribution is 7.89. The minimum atomic E-state index is -3.55. The number of aryl methyl sites for hydroxylation is 3. The Kier molecular flexibility index (Phi) is 42.4. The maximum Gasteiger partial charge on any atom is 0.373 e. The van der Waals surface area contributed by atoms with Crippen LogP contribution < -0.4 is 10.7 Å². The number of carbonyl (C=O) groups is 3. The number of nitrogens with two attached hydrogens (primary N) is 1. The van der Waals surface area contributed by atoms with Gasteiger partial charge in [0.05, 0.1) is 170 Å². The Morgan fingerprint density at radius 1 is 0.440 bits per heavy atom. The molecule has 0 amide bonds. The van der Waals surface area contributed by atoms with E-state index in [1.54, 1.807) is 13.8 Å². The summed E-state index contributed by atoms with van der Waals surface area (Å²) in [7, 11) is -3.55. The monoisotopic (exact) mass is 2130 g/mol. The minimum Gasteiger partial charge on any atom is -0.396 e. The van der Waals surface area contributed by atoms with E-state index in [9.17, 15) is 38.4 Å². The van der Waals surface area contributed by atoms with Gasteiger partial charge in [0.25, 0.3) is 10.0 Å². The zero-order valence-corrected chi connectivity index (χ0v) is 87.6. The van der Waals surface area contributed by atoms with Crippen LogP contribution in [0.5, 0.6) is 0 Å². The fraction of sp³-hybridized carbons (Fsp3) is 0.794. The number of nitrogens with one attached hydrogen (secondary N) is 1. The minimum absolute atomic E-state index is 0.00789. The average molecular weight is 2130 g/mol. The summed E-state index contributed by atoms with van der Waals surface area (Å²) in [6.45, 7) is 22.3. The van der Waals surface area contributed by atoms with E-state index in [0.717, 1.165) is 153 Å². The van der Waals surface area contributed by atoms with Crippen LogP contribution in [0.1, 0.15) is 258 Å². The van der Waals surface area contributed by atoms with Gasteiger partial charge in [0, 0.05) is 70.8 Å². The lowest BCUT2D eigenvalue weighted by molar-refractivity contribution is -0.193. The van der Waals surface area contributed by atoms with Gasteiger partial charge in [-0.2, -0.15) is 52.8 Å². The van der Waals surface area contributed by atoms with Crippen molar-refractivity contribution in [3.8, 4) is 37.0 Å². The molecule has 42 nitrogen and oxygen atoms in total. The van der Waals surface area contributed by atoms with Crippen LogP contribution in [0.3, 0.4) is 0 Å². The quantitative estimate of drug-likeness (QED) is 0.0417. The van der Waals surface area contributed by atoms with Gasteiger partial charge in [-0.1, -0.05) is 67.9 Å². The van der Waals surface area contributed by atoms with Gasteiger partial charge in [-0.05, 0) is 189 Å². The second kappa shape index (κ2) is 52.5. The third-order valence-electron chi connectivity index (χ3n) is 33.3. The molecule has 26 rings (SSSR count). The Morgan fingerprint density at radius 3 is 1.35 bits per heavy atom. The molecule has 1 aromatic rings. The van der Waals surface area contributed by atoms with Crippen LogP contribution in [0.4, 0.5) is 0 Å². The predicted molar refractivity (Wildman–Crippen MR) is 510 cm³/mol. The second-order valence-corrected chi connectivity index (χ2v) is 44.8. The van der Waals surface area contributed by atoms with Gasteiger partial charge in [-0.15, -0.1) is 19.3 Å². The van der Waals surface area contributed by atoms with Gasteiger partial charge in [0.2, 0.25) is 0 Å². The zero-order chi connectivity index (χ0) is 109. The van der Waals surface area contributed by atoms with E-state index in [0.29, 0.717) is 116 Å². The Hall–Kier alpha value is -7.58. The lowest BCUT2D eigenvalue weighted by Gasteiger charge is -2.42. The van der Waals surface area contributed by atoms with Crippen molar-refractivity contribution in [3.05, 3.63) is 41.0 Å². The van der Waals surface area contributed by atoms with E-state index in [1.807, 2.05) is 49.8 Å². The van der Waals surface area contributed by atoms with Gasteiger partial charge < -0.3 is 130 Å². The fourth-order valence-corrected chi connectivity index (χ4v) is 27.8. The first kappa shape index (κ1) is 121. The molecular weight excluding hydrogens is 1990 g/mol. The number of aliphatic hydroxyl groups excluding tert-OH is 5. The van der Waals surface area contributed by atoms with Crippen molar-refractivity contribution in [1.29, 1.82) is 0 Å². The molecule has 0 radical (unpaired) electrons. The third-order valence-corrected chi connectivity index (χ3v) is 34.8. The summed E-state index contributed by atoms with van der Waals surface area (Å²) in [6, 6.07) is 3.63. The van der Waals surface area contributed by atoms with Crippen LogP contribution in [-0.4, -0.2) is 356 Å². The summed E-state index contributed by atoms with van der Waals surface area (Å²) in [5.74, 6) is 12.8. The Morgan fingerprint density at radius 2 is 0.860 bits per heavy atom. The molecule has 5 spiro atoms. The molecule has 8 N–H and O–H groups in total. The highest BCUT2D eigenvalue weighted by Gasteiger charge is 2.76. The molecule has 43 heteroatoms. The maximum atomic E-state index is 11.7. The van der Waals surface area contributed by atoms with Crippen LogP contribution in [0.15, 0.2) is 29.2 Å². The molecule has 20 heterocycles. The Labute approximate surface area is 873 Å². The molecule has 42 atom stereocenters. The molecule has 24 fully saturated rings. The largest absolute Gasteiger partial charge is 0.396 e. The number of ether oxygens (including phenoxy) is 20. The summed E-state index contributed by atoms with van der Waals surface area (Å²) in [4.78, 5) is 114. The number of epoxide rings is 4. The van der Waals surface area contributed by atoms with Gasteiger partial charge >= 0.3 is 30.8 Å². The number of ketones is 1. The number of hydrogen-bond acceptors (Lipinski definition) is 41. The van der Waals surface area contributed by atoms with Gasteiger partial charge in [0.15, 0.2) is 17.7 Å². The third kappa shape index (κ3) is 26.6. The molecular formula is C107H148N2O40S.